The first-order valence-electron chi connectivity index (χ1n) is 5.89. The van der Waals surface area contributed by atoms with Crippen molar-refractivity contribution in [2.75, 3.05) is 0 Å². The second-order valence-corrected chi connectivity index (χ2v) is 5.14. The van der Waals surface area contributed by atoms with Gasteiger partial charge in [-0.15, -0.1) is 0 Å². The number of aliphatic hydroxyl groups is 1. The molecule has 0 aromatic carbocycles. The standard InChI is InChI=1S/C12H18F3NO/c1-3-10(2,8-16)11(17)6-4-9(5-7-11)12(13,14)15/h9,17H,3-7H2,1-2H3. The highest BCUT2D eigenvalue weighted by atomic mass is 19.4. The van der Waals surface area contributed by atoms with E-state index in [0.29, 0.717) is 6.42 Å². The zero-order valence-corrected chi connectivity index (χ0v) is 10.1. The van der Waals surface area contributed by atoms with Crippen molar-refractivity contribution in [2.24, 2.45) is 11.3 Å². The SMILES string of the molecule is CCC(C)(C#N)C1(O)CCC(C(F)(F)F)CC1. The van der Waals surface area contributed by atoms with E-state index in [9.17, 15) is 18.3 Å². The van der Waals surface area contributed by atoms with Crippen molar-refractivity contribution in [1.29, 1.82) is 5.26 Å². The predicted octanol–water partition coefficient (Wildman–Crippen LogP) is 3.41. The molecule has 0 amide bonds. The normalized spacial score (nSPS) is 33.8. The Morgan fingerprint density at radius 3 is 2.12 bits per heavy atom. The summed E-state index contributed by atoms with van der Waals surface area (Å²) in [6, 6.07) is 2.06. The average molecular weight is 249 g/mol. The third kappa shape index (κ3) is 2.57. The van der Waals surface area contributed by atoms with Gasteiger partial charge in [0.25, 0.3) is 0 Å². The van der Waals surface area contributed by atoms with Crippen molar-refractivity contribution in [3.05, 3.63) is 0 Å². The van der Waals surface area contributed by atoms with E-state index < -0.39 is 23.1 Å². The lowest BCUT2D eigenvalue weighted by Gasteiger charge is -2.44. The van der Waals surface area contributed by atoms with Gasteiger partial charge >= 0.3 is 6.18 Å². The highest BCUT2D eigenvalue weighted by molar-refractivity contribution is 5.10. The molecule has 0 aliphatic heterocycles. The van der Waals surface area contributed by atoms with Crippen molar-refractivity contribution in [3.8, 4) is 6.07 Å². The monoisotopic (exact) mass is 249 g/mol. The quantitative estimate of drug-likeness (QED) is 0.815. The molecule has 1 N–H and O–H groups in total. The Morgan fingerprint density at radius 2 is 1.82 bits per heavy atom. The number of rotatable bonds is 2. The van der Waals surface area contributed by atoms with E-state index in [1.165, 1.54) is 0 Å². The van der Waals surface area contributed by atoms with Gasteiger partial charge in [0, 0.05) is 0 Å². The van der Waals surface area contributed by atoms with E-state index in [1.807, 2.05) is 0 Å². The van der Waals surface area contributed by atoms with Crippen LogP contribution in [0.5, 0.6) is 0 Å². The van der Waals surface area contributed by atoms with Gasteiger partial charge in [0.05, 0.1) is 23.0 Å². The van der Waals surface area contributed by atoms with Crippen molar-refractivity contribution in [3.63, 3.8) is 0 Å². The van der Waals surface area contributed by atoms with E-state index in [0.717, 1.165) is 0 Å². The van der Waals surface area contributed by atoms with Crippen LogP contribution < -0.4 is 0 Å². The molecule has 1 rings (SSSR count). The summed E-state index contributed by atoms with van der Waals surface area (Å²) in [5.74, 6) is -1.33. The third-order valence-electron chi connectivity index (χ3n) is 4.26. The topological polar surface area (TPSA) is 44.0 Å². The largest absolute Gasteiger partial charge is 0.391 e. The summed E-state index contributed by atoms with van der Waals surface area (Å²) in [5.41, 5.74) is -2.23. The second kappa shape index (κ2) is 4.49. The molecular formula is C12H18F3NO. The Morgan fingerprint density at radius 1 is 1.35 bits per heavy atom. The van der Waals surface area contributed by atoms with Crippen molar-refractivity contribution >= 4 is 0 Å². The lowest BCUT2D eigenvalue weighted by atomic mass is 9.63. The predicted molar refractivity (Wildman–Crippen MR) is 57.0 cm³/mol. The van der Waals surface area contributed by atoms with Crippen LogP contribution >= 0.6 is 0 Å². The molecule has 0 heterocycles. The van der Waals surface area contributed by atoms with Crippen LogP contribution in [0.1, 0.15) is 46.0 Å². The molecule has 0 aromatic rings. The summed E-state index contributed by atoms with van der Waals surface area (Å²) in [7, 11) is 0. The van der Waals surface area contributed by atoms with E-state index >= 15 is 0 Å². The first kappa shape index (κ1) is 14.3. The average Bonchev–Trinajstić information content (AvgIpc) is 2.27. The van der Waals surface area contributed by atoms with E-state index in [2.05, 4.69) is 6.07 Å². The molecule has 0 spiro atoms. The molecule has 0 aromatic heterocycles. The van der Waals surface area contributed by atoms with Crippen LogP contribution in [0.4, 0.5) is 13.2 Å². The van der Waals surface area contributed by atoms with Crippen LogP contribution in [0, 0.1) is 22.7 Å². The van der Waals surface area contributed by atoms with Gasteiger partial charge < -0.3 is 5.11 Å². The number of nitriles is 1. The van der Waals surface area contributed by atoms with Crippen molar-refractivity contribution in [2.45, 2.75) is 57.7 Å². The highest BCUT2D eigenvalue weighted by Crippen LogP contribution is 2.48. The minimum absolute atomic E-state index is 0.0507. The Kier molecular flexibility index (Phi) is 3.78. The molecule has 0 saturated heterocycles. The van der Waals surface area contributed by atoms with Crippen LogP contribution in [-0.4, -0.2) is 16.9 Å². The summed E-state index contributed by atoms with van der Waals surface area (Å²) in [5, 5.41) is 19.5. The van der Waals surface area contributed by atoms with Crippen LogP contribution in [-0.2, 0) is 0 Å². The third-order valence-corrected chi connectivity index (χ3v) is 4.26. The molecule has 1 fully saturated rings. The first-order valence-corrected chi connectivity index (χ1v) is 5.89. The van der Waals surface area contributed by atoms with Crippen LogP contribution in [0.25, 0.3) is 0 Å². The molecule has 1 aliphatic carbocycles. The van der Waals surface area contributed by atoms with E-state index in [4.69, 9.17) is 5.26 Å². The van der Waals surface area contributed by atoms with Gasteiger partial charge in [-0.3, -0.25) is 0 Å². The Labute approximate surface area is 99.4 Å². The Hall–Kier alpha value is -0.760. The maximum absolute atomic E-state index is 12.5. The molecule has 0 radical (unpaired) electrons. The number of alkyl halides is 3. The van der Waals surface area contributed by atoms with Crippen LogP contribution in [0.3, 0.4) is 0 Å². The first-order chi connectivity index (χ1) is 7.68. The fourth-order valence-corrected chi connectivity index (χ4v) is 2.49. The summed E-state index contributed by atoms with van der Waals surface area (Å²) >= 11 is 0. The molecule has 0 bridgehead atoms. The van der Waals surface area contributed by atoms with Gasteiger partial charge in [-0.1, -0.05) is 6.92 Å². The zero-order valence-electron chi connectivity index (χ0n) is 10.1. The van der Waals surface area contributed by atoms with Gasteiger partial charge in [-0.05, 0) is 39.0 Å². The van der Waals surface area contributed by atoms with Gasteiger partial charge in [-0.2, -0.15) is 18.4 Å². The fourth-order valence-electron chi connectivity index (χ4n) is 2.49. The minimum Gasteiger partial charge on any atom is -0.388 e. The van der Waals surface area contributed by atoms with Gasteiger partial charge in [0.1, 0.15) is 0 Å². The number of hydrogen-bond acceptors (Lipinski definition) is 2. The smallest absolute Gasteiger partial charge is 0.388 e. The fraction of sp³-hybridized carbons (Fsp3) is 0.917. The summed E-state index contributed by atoms with van der Waals surface area (Å²) < 4.78 is 37.5. The molecule has 1 saturated carbocycles. The lowest BCUT2D eigenvalue weighted by molar-refractivity contribution is -0.199. The van der Waals surface area contributed by atoms with Crippen LogP contribution in [0.15, 0.2) is 0 Å². The van der Waals surface area contributed by atoms with Gasteiger partial charge in [0.15, 0.2) is 0 Å². The second-order valence-electron chi connectivity index (χ2n) is 5.14. The number of nitrogens with zero attached hydrogens (tertiary/aromatic N) is 1. The summed E-state index contributed by atoms with van der Waals surface area (Å²) in [4.78, 5) is 0. The van der Waals surface area contributed by atoms with E-state index in [-0.39, 0.29) is 25.7 Å². The Balaban J connectivity index is 2.78. The number of hydrogen-bond donors (Lipinski definition) is 1. The Bertz CT molecular complexity index is 313. The molecule has 1 unspecified atom stereocenters. The van der Waals surface area contributed by atoms with Gasteiger partial charge in [-0.25, -0.2) is 0 Å². The van der Waals surface area contributed by atoms with Gasteiger partial charge in [0.2, 0.25) is 0 Å². The summed E-state index contributed by atoms with van der Waals surface area (Å²) in [6.45, 7) is 3.40. The van der Waals surface area contributed by atoms with Crippen molar-refractivity contribution in [1.82, 2.24) is 0 Å². The molecule has 2 nitrogen and oxygen atoms in total. The molecule has 5 heteroatoms. The van der Waals surface area contributed by atoms with E-state index in [1.54, 1.807) is 13.8 Å². The maximum atomic E-state index is 12.5. The van der Waals surface area contributed by atoms with Crippen LogP contribution in [0.2, 0.25) is 0 Å². The molecule has 17 heavy (non-hydrogen) atoms. The highest BCUT2D eigenvalue weighted by Gasteiger charge is 2.52. The molecule has 98 valence electrons. The lowest BCUT2D eigenvalue weighted by Crippen LogP contribution is -2.49. The molecule has 1 atom stereocenters. The maximum Gasteiger partial charge on any atom is 0.391 e. The zero-order chi connectivity index (χ0) is 13.3. The summed E-state index contributed by atoms with van der Waals surface area (Å²) in [6.07, 6.45) is -3.81. The van der Waals surface area contributed by atoms with Crippen molar-refractivity contribution < 1.29 is 18.3 Å². The molecular weight excluding hydrogens is 231 g/mol. The minimum atomic E-state index is -4.18. The number of halogens is 3. The molecule has 1 aliphatic rings.